The lowest BCUT2D eigenvalue weighted by Crippen LogP contribution is -2.30. The van der Waals surface area contributed by atoms with Gasteiger partial charge in [-0.15, -0.1) is 23.2 Å². The zero-order valence-corrected chi connectivity index (χ0v) is 13.7. The second kappa shape index (κ2) is 5.91. The summed E-state index contributed by atoms with van der Waals surface area (Å²) in [5, 5.41) is 3.78. The second-order valence-corrected chi connectivity index (χ2v) is 6.85. The number of alkyl halides is 2. The summed E-state index contributed by atoms with van der Waals surface area (Å²) in [6.45, 7) is 2.44. The van der Waals surface area contributed by atoms with Crippen LogP contribution in [0.1, 0.15) is 13.3 Å². The minimum atomic E-state index is -0.689. The van der Waals surface area contributed by atoms with Crippen LogP contribution in [0.3, 0.4) is 0 Å². The van der Waals surface area contributed by atoms with E-state index in [4.69, 9.17) is 32.8 Å². The molecule has 1 fully saturated rings. The third kappa shape index (κ3) is 3.73. The van der Waals surface area contributed by atoms with Crippen molar-refractivity contribution in [1.29, 1.82) is 0 Å². The Morgan fingerprint density at radius 2 is 1.95 bits per heavy atom. The highest BCUT2D eigenvalue weighted by molar-refractivity contribution is 6.51. The molecule has 21 heavy (non-hydrogen) atoms. The number of amides is 2. The molecule has 116 valence electrons. The Kier molecular flexibility index (Phi) is 4.56. The quantitative estimate of drug-likeness (QED) is 0.661. The zero-order valence-electron chi connectivity index (χ0n) is 12.2. The number of rotatable bonds is 5. The SMILES string of the molecule is CON(C)C(=O)Nc1ccc(OCC2(C)CC2(Cl)Cl)cc1. The van der Waals surface area contributed by atoms with Crippen molar-refractivity contribution in [3.05, 3.63) is 24.3 Å². The molecule has 1 N–H and O–H groups in total. The molecule has 0 spiro atoms. The van der Waals surface area contributed by atoms with Crippen molar-refractivity contribution >= 4 is 34.9 Å². The lowest BCUT2D eigenvalue weighted by atomic mass is 10.2. The highest BCUT2D eigenvalue weighted by Crippen LogP contribution is 2.63. The maximum Gasteiger partial charge on any atom is 0.345 e. The van der Waals surface area contributed by atoms with E-state index in [-0.39, 0.29) is 11.4 Å². The van der Waals surface area contributed by atoms with Crippen LogP contribution in [0.25, 0.3) is 0 Å². The summed E-state index contributed by atoms with van der Waals surface area (Å²) < 4.78 is 4.99. The van der Waals surface area contributed by atoms with Gasteiger partial charge in [0.15, 0.2) is 0 Å². The van der Waals surface area contributed by atoms with Gasteiger partial charge in [0, 0.05) is 18.2 Å². The summed E-state index contributed by atoms with van der Waals surface area (Å²) >= 11 is 12.1. The van der Waals surface area contributed by atoms with Gasteiger partial charge in [0.1, 0.15) is 10.1 Å². The highest BCUT2D eigenvalue weighted by atomic mass is 35.5. The lowest BCUT2D eigenvalue weighted by molar-refractivity contribution is -0.0598. The average Bonchev–Trinajstić information content (AvgIpc) is 2.96. The topological polar surface area (TPSA) is 50.8 Å². The van der Waals surface area contributed by atoms with E-state index in [0.717, 1.165) is 11.5 Å². The Bertz CT molecular complexity index is 521. The van der Waals surface area contributed by atoms with Crippen LogP contribution < -0.4 is 10.1 Å². The molecule has 0 saturated heterocycles. The largest absolute Gasteiger partial charge is 0.493 e. The molecule has 1 saturated carbocycles. The number of carbonyl (C=O) groups is 1. The number of hydrogen-bond acceptors (Lipinski definition) is 3. The third-order valence-electron chi connectivity index (χ3n) is 3.59. The van der Waals surface area contributed by atoms with Crippen LogP contribution >= 0.6 is 23.2 Å². The number of nitrogens with zero attached hydrogens (tertiary/aromatic N) is 1. The Morgan fingerprint density at radius 3 is 2.43 bits per heavy atom. The van der Waals surface area contributed by atoms with E-state index in [1.54, 1.807) is 24.3 Å². The van der Waals surface area contributed by atoms with Crippen LogP contribution in [0.5, 0.6) is 5.75 Å². The monoisotopic (exact) mass is 332 g/mol. The molecule has 1 aliphatic carbocycles. The first-order valence-electron chi connectivity index (χ1n) is 6.47. The molecule has 0 bridgehead atoms. The van der Waals surface area contributed by atoms with Gasteiger partial charge in [-0.3, -0.25) is 4.84 Å². The van der Waals surface area contributed by atoms with Gasteiger partial charge in [-0.05, 0) is 30.7 Å². The second-order valence-electron chi connectivity index (χ2n) is 5.37. The first-order valence-corrected chi connectivity index (χ1v) is 7.22. The predicted molar refractivity (Wildman–Crippen MR) is 82.9 cm³/mol. The van der Waals surface area contributed by atoms with Crippen LogP contribution in [-0.2, 0) is 4.84 Å². The summed E-state index contributed by atoms with van der Waals surface area (Å²) in [7, 11) is 2.94. The molecule has 1 aliphatic rings. The molecule has 1 aromatic rings. The van der Waals surface area contributed by atoms with Gasteiger partial charge in [-0.25, -0.2) is 9.86 Å². The van der Waals surface area contributed by atoms with Crippen molar-refractivity contribution in [3.8, 4) is 5.75 Å². The van der Waals surface area contributed by atoms with Crippen molar-refractivity contribution in [2.45, 2.75) is 17.7 Å². The van der Waals surface area contributed by atoms with Gasteiger partial charge in [-0.1, -0.05) is 6.92 Å². The van der Waals surface area contributed by atoms with Crippen LogP contribution in [0.15, 0.2) is 24.3 Å². The molecular formula is C14H18Cl2N2O3. The van der Waals surface area contributed by atoms with Crippen molar-refractivity contribution in [1.82, 2.24) is 5.06 Å². The minimum absolute atomic E-state index is 0.204. The summed E-state index contributed by atoms with van der Waals surface area (Å²) in [4.78, 5) is 16.4. The third-order valence-corrected chi connectivity index (χ3v) is 4.77. The molecule has 1 atom stereocenters. The molecular weight excluding hydrogens is 315 g/mol. The zero-order chi connectivity index (χ0) is 15.7. The fourth-order valence-electron chi connectivity index (χ4n) is 1.76. The first kappa shape index (κ1) is 16.2. The summed E-state index contributed by atoms with van der Waals surface area (Å²) in [5.74, 6) is 0.699. The van der Waals surface area contributed by atoms with Crippen molar-refractivity contribution in [3.63, 3.8) is 0 Å². The molecule has 1 unspecified atom stereocenters. The number of benzene rings is 1. The minimum Gasteiger partial charge on any atom is -0.493 e. The van der Waals surface area contributed by atoms with Gasteiger partial charge in [-0.2, -0.15) is 0 Å². The maximum atomic E-state index is 11.6. The fourth-order valence-corrected chi connectivity index (χ4v) is 2.46. The number of anilines is 1. The standard InChI is InChI=1S/C14H18Cl2N2O3/c1-13(8-14(13,15)16)9-21-11-6-4-10(5-7-11)17-12(19)18(2)20-3/h4-7H,8-9H2,1-3H3,(H,17,19). The summed E-state index contributed by atoms with van der Waals surface area (Å²) in [6.07, 6.45) is 0.723. The normalized spacial score (nSPS) is 22.5. The maximum absolute atomic E-state index is 11.6. The molecule has 1 aromatic carbocycles. The Labute approximate surface area is 134 Å². The van der Waals surface area contributed by atoms with E-state index >= 15 is 0 Å². The van der Waals surface area contributed by atoms with Gasteiger partial charge < -0.3 is 10.1 Å². The predicted octanol–water partition coefficient (Wildman–Crippen LogP) is 3.67. The van der Waals surface area contributed by atoms with E-state index in [1.165, 1.54) is 14.2 Å². The lowest BCUT2D eigenvalue weighted by Gasteiger charge is -2.16. The molecule has 5 nitrogen and oxygen atoms in total. The smallest absolute Gasteiger partial charge is 0.345 e. The molecule has 2 rings (SSSR count). The molecule has 2 amide bonds. The molecule has 0 aromatic heterocycles. The number of hydrogen-bond donors (Lipinski definition) is 1. The van der Waals surface area contributed by atoms with Gasteiger partial charge in [0.25, 0.3) is 0 Å². The van der Waals surface area contributed by atoms with E-state index < -0.39 is 4.33 Å². The summed E-state index contributed by atoms with van der Waals surface area (Å²) in [5.41, 5.74) is 0.447. The number of nitrogens with one attached hydrogen (secondary N) is 1. The van der Waals surface area contributed by atoms with Crippen LogP contribution in [0.2, 0.25) is 0 Å². The van der Waals surface area contributed by atoms with Gasteiger partial charge in [0.05, 0.1) is 13.7 Å². The van der Waals surface area contributed by atoms with Crippen LogP contribution in [0.4, 0.5) is 10.5 Å². The number of halogens is 2. The number of urea groups is 1. The van der Waals surface area contributed by atoms with Crippen molar-refractivity contribution in [2.75, 3.05) is 26.1 Å². The first-order chi connectivity index (χ1) is 9.77. The average molecular weight is 333 g/mol. The van der Waals surface area contributed by atoms with Crippen LogP contribution in [-0.4, -0.2) is 36.2 Å². The fraction of sp³-hybridized carbons (Fsp3) is 0.500. The molecule has 0 aliphatic heterocycles. The van der Waals surface area contributed by atoms with E-state index in [0.29, 0.717) is 18.0 Å². The van der Waals surface area contributed by atoms with Gasteiger partial charge in [0.2, 0.25) is 0 Å². The highest BCUT2D eigenvalue weighted by Gasteiger charge is 2.63. The van der Waals surface area contributed by atoms with E-state index in [1.807, 2.05) is 6.92 Å². The molecule has 7 heteroatoms. The number of ether oxygens (including phenoxy) is 1. The Balaban J connectivity index is 1.86. The summed E-state index contributed by atoms with van der Waals surface area (Å²) in [6, 6.07) is 6.70. The Hall–Kier alpha value is -1.17. The molecule has 0 heterocycles. The number of hydroxylamine groups is 2. The van der Waals surface area contributed by atoms with Gasteiger partial charge >= 0.3 is 6.03 Å². The number of carbonyl (C=O) groups excluding carboxylic acids is 1. The van der Waals surface area contributed by atoms with Crippen molar-refractivity contribution < 1.29 is 14.4 Å². The van der Waals surface area contributed by atoms with E-state index in [2.05, 4.69) is 5.32 Å². The molecule has 0 radical (unpaired) electrons. The van der Waals surface area contributed by atoms with Crippen LogP contribution in [0, 0.1) is 5.41 Å². The van der Waals surface area contributed by atoms with Crippen molar-refractivity contribution in [2.24, 2.45) is 5.41 Å². The Morgan fingerprint density at radius 1 is 1.38 bits per heavy atom. The van der Waals surface area contributed by atoms with E-state index in [9.17, 15) is 4.79 Å².